The highest BCUT2D eigenvalue weighted by atomic mass is 16.5. The molecule has 4 aliphatic rings. The van der Waals surface area contributed by atoms with Crippen LogP contribution < -0.4 is 9.47 Å². The van der Waals surface area contributed by atoms with Crippen LogP contribution >= 0.6 is 0 Å². The second kappa shape index (κ2) is 6.26. The van der Waals surface area contributed by atoms with Crippen molar-refractivity contribution in [3.63, 3.8) is 0 Å². The van der Waals surface area contributed by atoms with E-state index in [4.69, 9.17) is 9.47 Å². The van der Waals surface area contributed by atoms with Crippen LogP contribution in [0.4, 0.5) is 0 Å². The molecule has 0 amide bonds. The second-order valence-electron chi connectivity index (χ2n) is 8.61. The lowest BCUT2D eigenvalue weighted by Crippen LogP contribution is -2.52. The lowest BCUT2D eigenvalue weighted by atomic mass is 9.64. The summed E-state index contributed by atoms with van der Waals surface area (Å²) in [6.45, 7) is 4.69. The van der Waals surface area contributed by atoms with Crippen LogP contribution in [-0.4, -0.2) is 43.0 Å². The van der Waals surface area contributed by atoms with Crippen LogP contribution in [0.2, 0.25) is 0 Å². The fourth-order valence-electron chi connectivity index (χ4n) is 5.65. The first-order valence-corrected chi connectivity index (χ1v) is 10.3. The largest absolute Gasteiger partial charge is 0.493 e. The summed E-state index contributed by atoms with van der Waals surface area (Å²) in [5.74, 6) is 3.57. The monoisotopic (exact) mass is 355 g/mol. The zero-order valence-electron chi connectivity index (χ0n) is 15.9. The topological polar surface area (TPSA) is 38.8 Å². The molecule has 1 aromatic rings. The Balaban J connectivity index is 1.55. The van der Waals surface area contributed by atoms with Crippen molar-refractivity contribution in [1.29, 1.82) is 0 Å². The van der Waals surface area contributed by atoms with Crippen LogP contribution in [-0.2, 0) is 11.2 Å². The van der Waals surface area contributed by atoms with E-state index in [-0.39, 0.29) is 17.8 Å². The second-order valence-corrected chi connectivity index (χ2v) is 8.61. The van der Waals surface area contributed by atoms with E-state index in [1.54, 1.807) is 7.11 Å². The zero-order valence-corrected chi connectivity index (χ0v) is 15.9. The molecule has 1 aliphatic heterocycles. The van der Waals surface area contributed by atoms with Gasteiger partial charge in [-0.3, -0.25) is 9.69 Å². The van der Waals surface area contributed by atoms with Gasteiger partial charge in [0.25, 0.3) is 0 Å². The summed E-state index contributed by atoms with van der Waals surface area (Å²) in [7, 11) is 1.69. The molecule has 0 aromatic heterocycles. The number of ether oxygens (including phenoxy) is 2. The molecule has 5 rings (SSSR count). The first kappa shape index (κ1) is 16.6. The van der Waals surface area contributed by atoms with E-state index in [1.165, 1.54) is 43.5 Å². The molecule has 4 heteroatoms. The maximum atomic E-state index is 12.6. The van der Waals surface area contributed by atoms with Crippen molar-refractivity contribution in [2.75, 3.05) is 20.2 Å². The molecule has 4 atom stereocenters. The minimum absolute atomic E-state index is 0.230. The van der Waals surface area contributed by atoms with Gasteiger partial charge in [-0.05, 0) is 62.1 Å². The van der Waals surface area contributed by atoms with E-state index in [2.05, 4.69) is 17.9 Å². The molecular weight excluding hydrogens is 326 g/mol. The van der Waals surface area contributed by atoms with Crippen LogP contribution in [0.25, 0.3) is 0 Å². The van der Waals surface area contributed by atoms with Gasteiger partial charge in [0, 0.05) is 30.5 Å². The third-order valence-electron chi connectivity index (χ3n) is 6.97. The van der Waals surface area contributed by atoms with Gasteiger partial charge >= 0.3 is 0 Å². The summed E-state index contributed by atoms with van der Waals surface area (Å²) in [5.41, 5.74) is 2.66. The van der Waals surface area contributed by atoms with Crippen molar-refractivity contribution >= 4 is 5.78 Å². The number of carbonyl (C=O) groups is 1. The zero-order chi connectivity index (χ0) is 17.8. The number of carbonyl (C=O) groups excluding carboxylic acids is 1. The summed E-state index contributed by atoms with van der Waals surface area (Å²) >= 11 is 0. The van der Waals surface area contributed by atoms with E-state index in [0.29, 0.717) is 18.4 Å². The fourth-order valence-corrected chi connectivity index (χ4v) is 5.65. The number of nitrogens with zero attached hydrogens (tertiary/aromatic N) is 1. The van der Waals surface area contributed by atoms with Gasteiger partial charge in [0.1, 0.15) is 0 Å². The van der Waals surface area contributed by atoms with E-state index < -0.39 is 0 Å². The average Bonchev–Trinajstić information content (AvgIpc) is 3.37. The van der Waals surface area contributed by atoms with Gasteiger partial charge in [-0.1, -0.05) is 13.0 Å². The number of Topliss-reactive ketones (excluding diaryl/α,β-unsaturated/α-hetero) is 1. The van der Waals surface area contributed by atoms with E-state index in [0.717, 1.165) is 30.3 Å². The van der Waals surface area contributed by atoms with Gasteiger partial charge in [0.15, 0.2) is 23.4 Å². The van der Waals surface area contributed by atoms with Crippen molar-refractivity contribution in [2.45, 2.75) is 63.5 Å². The molecule has 0 radical (unpaired) electrons. The van der Waals surface area contributed by atoms with Crippen LogP contribution in [0.3, 0.4) is 0 Å². The Kier molecular flexibility index (Phi) is 4.00. The summed E-state index contributed by atoms with van der Waals surface area (Å²) in [6.07, 6.45) is 6.45. The molecule has 26 heavy (non-hydrogen) atoms. The highest BCUT2D eigenvalue weighted by molar-refractivity contribution is 5.87. The Morgan fingerprint density at radius 3 is 2.85 bits per heavy atom. The minimum Gasteiger partial charge on any atom is -0.493 e. The Bertz CT molecular complexity index is 726. The SMILES string of the molecule is CCCN(CC1CC1)[C@H]1Cc2ccc(OC)c3c2C2C(O3)C(=O)CC[C@@H]21. The first-order chi connectivity index (χ1) is 12.7. The number of hydrogen-bond donors (Lipinski definition) is 0. The van der Waals surface area contributed by atoms with Crippen molar-refractivity contribution < 1.29 is 14.3 Å². The Morgan fingerprint density at radius 2 is 2.12 bits per heavy atom. The molecule has 0 spiro atoms. The van der Waals surface area contributed by atoms with Crippen molar-refractivity contribution in [3.05, 3.63) is 23.3 Å². The maximum Gasteiger partial charge on any atom is 0.173 e. The highest BCUT2D eigenvalue weighted by Crippen LogP contribution is 2.56. The summed E-state index contributed by atoms with van der Waals surface area (Å²) in [5, 5.41) is 0. The molecule has 0 saturated heterocycles. The lowest BCUT2D eigenvalue weighted by molar-refractivity contribution is -0.130. The van der Waals surface area contributed by atoms with Gasteiger partial charge in [-0.25, -0.2) is 0 Å². The number of hydrogen-bond acceptors (Lipinski definition) is 4. The summed E-state index contributed by atoms with van der Waals surface area (Å²) in [6, 6.07) is 4.79. The number of benzene rings is 1. The fraction of sp³-hybridized carbons (Fsp3) is 0.682. The Labute approximate surface area is 155 Å². The lowest BCUT2D eigenvalue weighted by Gasteiger charge is -2.46. The summed E-state index contributed by atoms with van der Waals surface area (Å²) < 4.78 is 11.8. The molecule has 4 nitrogen and oxygen atoms in total. The van der Waals surface area contributed by atoms with Gasteiger partial charge in [-0.15, -0.1) is 0 Å². The molecule has 2 unspecified atom stereocenters. The molecular formula is C22H29NO3. The van der Waals surface area contributed by atoms with E-state index in [9.17, 15) is 4.79 Å². The van der Waals surface area contributed by atoms with Crippen LogP contribution in [0.5, 0.6) is 11.5 Å². The standard InChI is InChI=1S/C22H29NO3/c1-3-10-23(12-13-4-5-13)16-11-14-6-9-18(25-2)22-19(14)20-15(16)7-8-17(24)21(20)26-22/h6,9,13,15-16,20-21H,3-5,7-8,10-12H2,1-2H3/t15-,16+,20?,21?/m1/s1. The maximum absolute atomic E-state index is 12.6. The molecule has 140 valence electrons. The molecule has 0 bridgehead atoms. The minimum atomic E-state index is -0.286. The smallest absolute Gasteiger partial charge is 0.173 e. The van der Waals surface area contributed by atoms with Gasteiger partial charge in [0.05, 0.1) is 7.11 Å². The highest BCUT2D eigenvalue weighted by Gasteiger charge is 2.54. The molecule has 0 N–H and O–H groups in total. The number of ketones is 1. The number of methoxy groups -OCH3 is 1. The number of rotatable bonds is 6. The molecule has 3 aliphatic carbocycles. The van der Waals surface area contributed by atoms with E-state index >= 15 is 0 Å². The van der Waals surface area contributed by atoms with Crippen molar-refractivity contribution in [1.82, 2.24) is 4.90 Å². The van der Waals surface area contributed by atoms with Crippen LogP contribution in [0.1, 0.15) is 56.1 Å². The van der Waals surface area contributed by atoms with Gasteiger partial charge < -0.3 is 9.47 Å². The van der Waals surface area contributed by atoms with E-state index in [1.807, 2.05) is 6.07 Å². The third-order valence-corrected chi connectivity index (χ3v) is 6.97. The predicted molar refractivity (Wildman–Crippen MR) is 100.0 cm³/mol. The average molecular weight is 355 g/mol. The molecule has 2 saturated carbocycles. The van der Waals surface area contributed by atoms with Crippen LogP contribution in [0, 0.1) is 11.8 Å². The van der Waals surface area contributed by atoms with Crippen molar-refractivity contribution in [2.24, 2.45) is 11.8 Å². The molecule has 2 fully saturated rings. The Hall–Kier alpha value is -1.55. The molecule has 1 heterocycles. The quantitative estimate of drug-likeness (QED) is 0.782. The summed E-state index contributed by atoms with van der Waals surface area (Å²) in [4.78, 5) is 15.4. The van der Waals surface area contributed by atoms with Gasteiger partial charge in [0.2, 0.25) is 0 Å². The predicted octanol–water partition coefficient (Wildman–Crippen LogP) is 3.57. The molecule has 1 aromatic carbocycles. The van der Waals surface area contributed by atoms with Crippen LogP contribution in [0.15, 0.2) is 12.1 Å². The normalized spacial score (nSPS) is 31.7. The van der Waals surface area contributed by atoms with Gasteiger partial charge in [-0.2, -0.15) is 0 Å². The van der Waals surface area contributed by atoms with Crippen molar-refractivity contribution in [3.8, 4) is 11.5 Å². The first-order valence-electron chi connectivity index (χ1n) is 10.3. The Morgan fingerprint density at radius 1 is 1.27 bits per heavy atom. The third kappa shape index (κ3) is 2.49.